The molecule has 0 saturated carbocycles. The summed E-state index contributed by atoms with van der Waals surface area (Å²) >= 11 is 5.68. The van der Waals surface area contributed by atoms with E-state index in [1.165, 1.54) is 16.4 Å². The second-order valence-electron chi connectivity index (χ2n) is 5.27. The van der Waals surface area contributed by atoms with E-state index in [1.807, 2.05) is 0 Å². The third-order valence-corrected chi connectivity index (χ3v) is 6.04. The Morgan fingerprint density at radius 1 is 1.45 bits per heavy atom. The summed E-state index contributed by atoms with van der Waals surface area (Å²) in [7, 11) is -3.55. The average Bonchev–Trinajstić information content (AvgIpc) is 2.91. The summed E-state index contributed by atoms with van der Waals surface area (Å²) in [6.45, 7) is 4.70. The molecule has 1 heterocycles. The molecule has 0 aromatic heterocycles. The van der Waals surface area contributed by atoms with Crippen molar-refractivity contribution in [3.63, 3.8) is 0 Å². The summed E-state index contributed by atoms with van der Waals surface area (Å²) in [5, 5.41) is 0. The largest absolute Gasteiger partial charge is 0.243 e. The smallest absolute Gasteiger partial charge is 0.207 e. The molecular formula is C14H19ClFNO2S. The van der Waals surface area contributed by atoms with Gasteiger partial charge in [-0.25, -0.2) is 12.8 Å². The molecule has 1 aromatic rings. The van der Waals surface area contributed by atoms with Crippen molar-refractivity contribution < 1.29 is 12.8 Å². The SMILES string of the molecule is CCC1CCN(S(=O)(=O)c2cc(C)c(F)c(CCl)c2)C1. The van der Waals surface area contributed by atoms with Crippen LogP contribution >= 0.6 is 11.6 Å². The lowest BCUT2D eigenvalue weighted by molar-refractivity contribution is 0.452. The minimum atomic E-state index is -3.55. The van der Waals surface area contributed by atoms with Gasteiger partial charge >= 0.3 is 0 Å². The van der Waals surface area contributed by atoms with Gasteiger partial charge in [0.15, 0.2) is 0 Å². The van der Waals surface area contributed by atoms with Gasteiger partial charge in [-0.3, -0.25) is 0 Å². The van der Waals surface area contributed by atoms with Gasteiger partial charge in [0.25, 0.3) is 0 Å². The first-order valence-electron chi connectivity index (χ1n) is 6.75. The van der Waals surface area contributed by atoms with Gasteiger partial charge in [0.05, 0.1) is 10.8 Å². The monoisotopic (exact) mass is 319 g/mol. The average molecular weight is 320 g/mol. The fourth-order valence-electron chi connectivity index (χ4n) is 2.55. The van der Waals surface area contributed by atoms with Crippen LogP contribution in [0, 0.1) is 18.7 Å². The van der Waals surface area contributed by atoms with Gasteiger partial charge in [-0.1, -0.05) is 13.3 Å². The van der Waals surface area contributed by atoms with E-state index in [0.717, 1.165) is 12.8 Å². The third kappa shape index (κ3) is 2.85. The Morgan fingerprint density at radius 3 is 2.70 bits per heavy atom. The first-order valence-corrected chi connectivity index (χ1v) is 8.72. The highest BCUT2D eigenvalue weighted by Crippen LogP contribution is 2.28. The molecule has 3 nitrogen and oxygen atoms in total. The van der Waals surface area contributed by atoms with Crippen LogP contribution in [-0.2, 0) is 15.9 Å². The maximum atomic E-state index is 13.8. The van der Waals surface area contributed by atoms with E-state index in [9.17, 15) is 12.8 Å². The van der Waals surface area contributed by atoms with Crippen LogP contribution in [0.3, 0.4) is 0 Å². The Balaban J connectivity index is 2.38. The summed E-state index contributed by atoms with van der Waals surface area (Å²) in [4.78, 5) is 0.142. The number of nitrogens with zero attached hydrogens (tertiary/aromatic N) is 1. The molecule has 1 aromatic carbocycles. The molecule has 1 atom stereocenters. The Morgan fingerprint density at radius 2 is 2.15 bits per heavy atom. The van der Waals surface area contributed by atoms with Crippen molar-refractivity contribution in [3.05, 3.63) is 29.1 Å². The van der Waals surface area contributed by atoms with Gasteiger partial charge in [-0.2, -0.15) is 4.31 Å². The van der Waals surface area contributed by atoms with Crippen LogP contribution in [0.15, 0.2) is 17.0 Å². The van der Waals surface area contributed by atoms with E-state index >= 15 is 0 Å². The second-order valence-corrected chi connectivity index (χ2v) is 7.48. The number of hydrogen-bond donors (Lipinski definition) is 0. The summed E-state index contributed by atoms with van der Waals surface area (Å²) in [5.41, 5.74) is 0.546. The molecule has 2 rings (SSSR count). The van der Waals surface area contributed by atoms with Gasteiger partial charge in [-0.05, 0) is 37.0 Å². The summed E-state index contributed by atoms with van der Waals surface area (Å²) in [6.07, 6.45) is 1.86. The molecule has 20 heavy (non-hydrogen) atoms. The van der Waals surface area contributed by atoms with Gasteiger partial charge in [0.1, 0.15) is 5.82 Å². The molecular weight excluding hydrogens is 301 g/mol. The molecule has 112 valence electrons. The lowest BCUT2D eigenvalue weighted by Gasteiger charge is -2.17. The van der Waals surface area contributed by atoms with Crippen LogP contribution < -0.4 is 0 Å². The molecule has 1 unspecified atom stereocenters. The van der Waals surface area contributed by atoms with Gasteiger partial charge in [0, 0.05) is 18.7 Å². The maximum absolute atomic E-state index is 13.8. The summed E-state index contributed by atoms with van der Waals surface area (Å²) < 4.78 is 40.4. The molecule has 0 spiro atoms. The molecule has 0 aliphatic carbocycles. The van der Waals surface area contributed by atoms with Crippen molar-refractivity contribution in [2.24, 2.45) is 5.92 Å². The van der Waals surface area contributed by atoms with Crippen LogP contribution in [0.25, 0.3) is 0 Å². The molecule has 6 heteroatoms. The molecule has 0 amide bonds. The molecule has 1 saturated heterocycles. The predicted molar refractivity (Wildman–Crippen MR) is 77.9 cm³/mol. The van der Waals surface area contributed by atoms with E-state index in [0.29, 0.717) is 24.6 Å². The van der Waals surface area contributed by atoms with E-state index in [4.69, 9.17) is 11.6 Å². The summed E-state index contributed by atoms with van der Waals surface area (Å²) in [5.74, 6) is -0.0428. The lowest BCUT2D eigenvalue weighted by Crippen LogP contribution is -2.29. The number of rotatable bonds is 4. The Kier molecular flexibility index (Phi) is 4.72. The van der Waals surface area contributed by atoms with Crippen LogP contribution in [0.4, 0.5) is 4.39 Å². The first-order chi connectivity index (χ1) is 9.40. The molecule has 1 aliphatic rings. The normalized spacial score (nSPS) is 20.5. The van der Waals surface area contributed by atoms with E-state index in [-0.39, 0.29) is 16.3 Å². The number of benzene rings is 1. The van der Waals surface area contributed by atoms with Crippen molar-refractivity contribution in [1.29, 1.82) is 0 Å². The zero-order valence-corrected chi connectivity index (χ0v) is 13.3. The highest BCUT2D eigenvalue weighted by molar-refractivity contribution is 7.89. The predicted octanol–water partition coefficient (Wildman–Crippen LogP) is 3.29. The molecule has 0 N–H and O–H groups in total. The number of aryl methyl sites for hydroxylation is 1. The van der Waals surface area contributed by atoms with Crippen LogP contribution in [-0.4, -0.2) is 25.8 Å². The summed E-state index contributed by atoms with van der Waals surface area (Å²) in [6, 6.07) is 2.74. The van der Waals surface area contributed by atoms with Crippen molar-refractivity contribution in [2.45, 2.75) is 37.5 Å². The Labute approximate surface area is 124 Å². The highest BCUT2D eigenvalue weighted by Gasteiger charge is 2.32. The van der Waals surface area contributed by atoms with Crippen molar-refractivity contribution >= 4 is 21.6 Å². The fourth-order valence-corrected chi connectivity index (χ4v) is 4.41. The fraction of sp³-hybridized carbons (Fsp3) is 0.571. The number of hydrogen-bond acceptors (Lipinski definition) is 2. The molecule has 0 bridgehead atoms. The van der Waals surface area contributed by atoms with Gasteiger partial charge in [-0.15, -0.1) is 11.6 Å². The Bertz CT molecular complexity index is 603. The molecule has 0 radical (unpaired) electrons. The van der Waals surface area contributed by atoms with Gasteiger partial charge in [0.2, 0.25) is 10.0 Å². The first kappa shape index (κ1) is 15.7. The number of alkyl halides is 1. The second kappa shape index (κ2) is 6.00. The van der Waals surface area contributed by atoms with Crippen LogP contribution in [0.2, 0.25) is 0 Å². The zero-order chi connectivity index (χ0) is 14.9. The molecule has 1 fully saturated rings. The van der Waals surface area contributed by atoms with Crippen molar-refractivity contribution in [1.82, 2.24) is 4.31 Å². The van der Waals surface area contributed by atoms with Crippen LogP contribution in [0.1, 0.15) is 30.9 Å². The van der Waals surface area contributed by atoms with Gasteiger partial charge < -0.3 is 0 Å². The highest BCUT2D eigenvalue weighted by atomic mass is 35.5. The third-order valence-electron chi connectivity index (χ3n) is 3.91. The zero-order valence-electron chi connectivity index (χ0n) is 11.7. The maximum Gasteiger partial charge on any atom is 0.243 e. The number of halogens is 2. The van der Waals surface area contributed by atoms with E-state index in [1.54, 1.807) is 6.92 Å². The Hall–Kier alpha value is -0.650. The quantitative estimate of drug-likeness (QED) is 0.799. The van der Waals surface area contributed by atoms with Crippen molar-refractivity contribution in [2.75, 3.05) is 13.1 Å². The topological polar surface area (TPSA) is 37.4 Å². The van der Waals surface area contributed by atoms with Crippen LogP contribution in [0.5, 0.6) is 0 Å². The standard InChI is InChI=1S/C14H19ClFNO2S/c1-3-11-4-5-17(9-11)20(18,19)13-6-10(2)14(16)12(7-13)8-15/h6-7,11H,3-5,8-9H2,1-2H3. The molecule has 1 aliphatic heterocycles. The van der Waals surface area contributed by atoms with Crippen molar-refractivity contribution in [3.8, 4) is 0 Å². The minimum Gasteiger partial charge on any atom is -0.207 e. The minimum absolute atomic E-state index is 0.0341. The lowest BCUT2D eigenvalue weighted by atomic mass is 10.1. The van der Waals surface area contributed by atoms with E-state index < -0.39 is 15.8 Å². The van der Waals surface area contributed by atoms with E-state index in [2.05, 4.69) is 6.92 Å². The number of sulfonamides is 1.